The van der Waals surface area contributed by atoms with E-state index in [4.69, 9.17) is 4.74 Å². The number of rotatable bonds is 6. The van der Waals surface area contributed by atoms with Crippen molar-refractivity contribution in [2.75, 3.05) is 12.4 Å². The van der Waals surface area contributed by atoms with Crippen molar-refractivity contribution in [3.63, 3.8) is 0 Å². The molecule has 0 saturated heterocycles. The maximum atomic E-state index is 12.4. The number of hydrogen-bond acceptors (Lipinski definition) is 4. The Balaban J connectivity index is 1.63. The molecule has 29 heavy (non-hydrogen) atoms. The van der Waals surface area contributed by atoms with Gasteiger partial charge in [0, 0.05) is 18.4 Å². The van der Waals surface area contributed by atoms with E-state index in [1.165, 1.54) is 5.56 Å². The second kappa shape index (κ2) is 8.78. The molecule has 2 N–H and O–H groups in total. The minimum absolute atomic E-state index is 0.0187. The summed E-state index contributed by atoms with van der Waals surface area (Å²) in [7, 11) is 1.63. The lowest BCUT2D eigenvalue weighted by Crippen LogP contribution is -2.22. The Labute approximate surface area is 172 Å². The summed E-state index contributed by atoms with van der Waals surface area (Å²) in [5.41, 5.74) is 3.77. The predicted octanol–water partition coefficient (Wildman–Crippen LogP) is 5.06. The number of nitrogens with zero attached hydrogens (tertiary/aromatic N) is 1. The molecule has 0 atom stereocenters. The summed E-state index contributed by atoms with van der Waals surface area (Å²) >= 11 is 0. The lowest BCUT2D eigenvalue weighted by atomic mass is 9.86. The van der Waals surface area contributed by atoms with E-state index < -0.39 is 0 Å². The molecule has 3 aromatic rings. The number of nitrogens with one attached hydrogen (secondary N) is 2. The van der Waals surface area contributed by atoms with E-state index in [1.807, 2.05) is 48.5 Å². The number of hydrogen-bond donors (Lipinski definition) is 2. The second-order valence-corrected chi connectivity index (χ2v) is 7.88. The number of amides is 1. The summed E-state index contributed by atoms with van der Waals surface area (Å²) in [5, 5.41) is 6.27. The Hall–Kier alpha value is -3.34. The first kappa shape index (κ1) is 20.4. The minimum atomic E-state index is -0.157. The zero-order valence-corrected chi connectivity index (χ0v) is 17.3. The number of aromatic nitrogens is 1. The third-order valence-corrected chi connectivity index (χ3v) is 4.64. The Morgan fingerprint density at radius 2 is 1.72 bits per heavy atom. The van der Waals surface area contributed by atoms with Crippen LogP contribution in [0.25, 0.3) is 0 Å². The summed E-state index contributed by atoms with van der Waals surface area (Å²) in [4.78, 5) is 16.8. The van der Waals surface area contributed by atoms with Gasteiger partial charge in [-0.3, -0.25) is 4.79 Å². The van der Waals surface area contributed by atoms with Crippen molar-refractivity contribution >= 4 is 17.4 Å². The molecule has 0 aliphatic heterocycles. The van der Waals surface area contributed by atoms with Gasteiger partial charge in [0.15, 0.2) is 0 Å². The molecule has 3 rings (SSSR count). The number of anilines is 2. The average Bonchev–Trinajstić information content (AvgIpc) is 2.72. The van der Waals surface area contributed by atoms with Crippen LogP contribution in [0.5, 0.6) is 5.75 Å². The molecule has 5 nitrogen and oxygen atoms in total. The molecule has 0 bridgehead atoms. The number of methoxy groups -OCH3 is 1. The number of carbonyl (C=O) groups is 1. The molecule has 2 aromatic carbocycles. The van der Waals surface area contributed by atoms with Crippen LogP contribution in [0.4, 0.5) is 11.5 Å². The molecule has 0 spiro atoms. The maximum absolute atomic E-state index is 12.4. The van der Waals surface area contributed by atoms with E-state index in [2.05, 4.69) is 42.5 Å². The van der Waals surface area contributed by atoms with Crippen molar-refractivity contribution in [1.29, 1.82) is 0 Å². The van der Waals surface area contributed by atoms with Gasteiger partial charge in [-0.05, 0) is 46.9 Å². The lowest BCUT2D eigenvalue weighted by Gasteiger charge is -2.23. The van der Waals surface area contributed by atoms with Crippen LogP contribution in [0.15, 0.2) is 66.9 Å². The van der Waals surface area contributed by atoms with Gasteiger partial charge in [-0.2, -0.15) is 0 Å². The molecule has 0 aliphatic rings. The Kier molecular flexibility index (Phi) is 6.17. The van der Waals surface area contributed by atoms with Crippen LogP contribution in [0.1, 0.15) is 42.3 Å². The molecule has 0 unspecified atom stereocenters. The van der Waals surface area contributed by atoms with Crippen LogP contribution in [0, 0.1) is 0 Å². The molecular weight excluding hydrogens is 362 g/mol. The molecule has 0 aliphatic carbocycles. The first-order chi connectivity index (χ1) is 13.9. The van der Waals surface area contributed by atoms with E-state index in [0.29, 0.717) is 17.9 Å². The summed E-state index contributed by atoms with van der Waals surface area (Å²) in [6, 6.07) is 19.4. The highest BCUT2D eigenvalue weighted by Crippen LogP contribution is 2.30. The first-order valence-corrected chi connectivity index (χ1v) is 9.60. The molecule has 5 heteroatoms. The van der Waals surface area contributed by atoms with Gasteiger partial charge < -0.3 is 15.4 Å². The van der Waals surface area contributed by atoms with Gasteiger partial charge in [0.1, 0.15) is 11.6 Å². The van der Waals surface area contributed by atoms with Crippen LogP contribution in [-0.4, -0.2) is 18.0 Å². The van der Waals surface area contributed by atoms with Gasteiger partial charge in [-0.1, -0.05) is 51.1 Å². The quantitative estimate of drug-likeness (QED) is 0.618. The Morgan fingerprint density at radius 1 is 1.00 bits per heavy atom. The standard InChI is InChI=1S/C24H27N3O2/c1-24(2,3)20-7-5-6-8-21(20)27-22-14-11-18(16-25-22)23(28)26-15-17-9-12-19(29-4)13-10-17/h5-14,16H,15H2,1-4H3,(H,25,27)(H,26,28). The molecule has 0 saturated carbocycles. The van der Waals surface area contributed by atoms with Crippen molar-refractivity contribution < 1.29 is 9.53 Å². The fraction of sp³-hybridized carbons (Fsp3) is 0.250. The van der Waals surface area contributed by atoms with Crippen molar-refractivity contribution in [2.45, 2.75) is 32.7 Å². The maximum Gasteiger partial charge on any atom is 0.253 e. The third-order valence-electron chi connectivity index (χ3n) is 4.64. The molecule has 1 amide bonds. The Bertz CT molecular complexity index is 959. The zero-order chi connectivity index (χ0) is 20.9. The molecular formula is C24H27N3O2. The highest BCUT2D eigenvalue weighted by Gasteiger charge is 2.17. The molecule has 1 aromatic heterocycles. The van der Waals surface area contributed by atoms with E-state index in [0.717, 1.165) is 17.0 Å². The van der Waals surface area contributed by atoms with Gasteiger partial charge >= 0.3 is 0 Å². The second-order valence-electron chi connectivity index (χ2n) is 7.88. The number of ether oxygens (including phenoxy) is 1. The molecule has 0 radical (unpaired) electrons. The lowest BCUT2D eigenvalue weighted by molar-refractivity contribution is 0.0950. The van der Waals surface area contributed by atoms with E-state index in [9.17, 15) is 4.79 Å². The van der Waals surface area contributed by atoms with Gasteiger partial charge in [-0.25, -0.2) is 4.98 Å². The number of carbonyl (C=O) groups excluding carboxylic acids is 1. The largest absolute Gasteiger partial charge is 0.497 e. The van der Waals surface area contributed by atoms with Crippen LogP contribution < -0.4 is 15.4 Å². The summed E-state index contributed by atoms with van der Waals surface area (Å²) < 4.78 is 5.14. The highest BCUT2D eigenvalue weighted by atomic mass is 16.5. The zero-order valence-electron chi connectivity index (χ0n) is 17.3. The summed E-state index contributed by atoms with van der Waals surface area (Å²) in [6.45, 7) is 6.98. The topological polar surface area (TPSA) is 63.2 Å². The number of para-hydroxylation sites is 1. The fourth-order valence-electron chi connectivity index (χ4n) is 3.01. The number of benzene rings is 2. The molecule has 0 fully saturated rings. The van der Waals surface area contributed by atoms with Crippen molar-refractivity contribution in [2.24, 2.45) is 0 Å². The van der Waals surface area contributed by atoms with Gasteiger partial charge in [-0.15, -0.1) is 0 Å². The SMILES string of the molecule is COc1ccc(CNC(=O)c2ccc(Nc3ccccc3C(C)(C)C)nc2)cc1. The monoisotopic (exact) mass is 389 g/mol. The van der Waals surface area contributed by atoms with Crippen molar-refractivity contribution in [1.82, 2.24) is 10.3 Å². The summed E-state index contributed by atoms with van der Waals surface area (Å²) in [6.07, 6.45) is 1.59. The highest BCUT2D eigenvalue weighted by molar-refractivity contribution is 5.94. The first-order valence-electron chi connectivity index (χ1n) is 9.60. The van der Waals surface area contributed by atoms with Crippen LogP contribution in [0.2, 0.25) is 0 Å². The van der Waals surface area contributed by atoms with Crippen molar-refractivity contribution in [3.05, 3.63) is 83.6 Å². The smallest absolute Gasteiger partial charge is 0.253 e. The fourth-order valence-corrected chi connectivity index (χ4v) is 3.01. The normalized spacial score (nSPS) is 11.0. The average molecular weight is 389 g/mol. The van der Waals surface area contributed by atoms with Crippen LogP contribution in [-0.2, 0) is 12.0 Å². The van der Waals surface area contributed by atoms with E-state index in [-0.39, 0.29) is 11.3 Å². The predicted molar refractivity (Wildman–Crippen MR) is 117 cm³/mol. The molecule has 150 valence electrons. The van der Waals surface area contributed by atoms with Gasteiger partial charge in [0.05, 0.1) is 12.7 Å². The minimum Gasteiger partial charge on any atom is -0.497 e. The van der Waals surface area contributed by atoms with Gasteiger partial charge in [0.2, 0.25) is 0 Å². The number of pyridine rings is 1. The summed E-state index contributed by atoms with van der Waals surface area (Å²) in [5.74, 6) is 1.34. The van der Waals surface area contributed by atoms with Crippen LogP contribution >= 0.6 is 0 Å². The van der Waals surface area contributed by atoms with E-state index >= 15 is 0 Å². The van der Waals surface area contributed by atoms with Gasteiger partial charge in [0.25, 0.3) is 5.91 Å². The van der Waals surface area contributed by atoms with Crippen molar-refractivity contribution in [3.8, 4) is 5.75 Å². The van der Waals surface area contributed by atoms with E-state index in [1.54, 1.807) is 19.4 Å². The third kappa shape index (κ3) is 5.35. The van der Waals surface area contributed by atoms with Crippen LogP contribution in [0.3, 0.4) is 0 Å². The Morgan fingerprint density at radius 3 is 2.34 bits per heavy atom. The molecule has 1 heterocycles.